The number of hydrogen-bond acceptors (Lipinski definition) is 15. The number of fused-ring (bicyclic) bond motifs is 1. The summed E-state index contributed by atoms with van der Waals surface area (Å²) in [6.07, 6.45) is -9.10. The number of rotatable bonds is 11. The highest BCUT2D eigenvalue weighted by Gasteiger charge is 2.59. The summed E-state index contributed by atoms with van der Waals surface area (Å²) in [5, 5.41) is 70.2. The molecular formula is C32H36N4O13. The molecule has 7 atom stereocenters. The lowest BCUT2D eigenvalue weighted by Gasteiger charge is -2.47. The molecule has 0 amide bonds. The maximum absolute atomic E-state index is 13.2. The van der Waals surface area contributed by atoms with Crippen LogP contribution in [-0.2, 0) is 9.53 Å². The molecule has 49 heavy (non-hydrogen) atoms. The maximum atomic E-state index is 13.2. The Hall–Kier alpha value is -4.88. The molecule has 0 saturated carbocycles. The number of carboxylic acids is 1. The van der Waals surface area contributed by atoms with Crippen LogP contribution in [-0.4, -0.2) is 105 Å². The highest BCUT2D eigenvalue weighted by Crippen LogP contribution is 2.44. The molecule has 17 nitrogen and oxygen atoms in total. The predicted molar refractivity (Wildman–Crippen MR) is 170 cm³/mol. The van der Waals surface area contributed by atoms with Crippen LogP contribution in [0.4, 0.5) is 5.82 Å². The number of nitrogens with two attached hydrogens (primary N) is 1. The zero-order valence-corrected chi connectivity index (χ0v) is 26.0. The number of phenolic OH excluding ortho intramolecular Hbond substituents is 1. The molecule has 0 spiro atoms. The van der Waals surface area contributed by atoms with Gasteiger partial charge < -0.3 is 75.4 Å². The molecule has 4 aromatic rings. The number of nitrogens with one attached hydrogen (secondary N) is 3. The van der Waals surface area contributed by atoms with Gasteiger partial charge in [-0.25, -0.2) is 4.79 Å². The molecule has 2 aliphatic rings. The molecule has 6 rings (SSSR count). The van der Waals surface area contributed by atoms with Crippen molar-refractivity contribution in [3.8, 4) is 34.3 Å². The topological polar surface area (TPSA) is 271 Å². The Balaban J connectivity index is 1.25. The molecule has 0 aliphatic carbocycles. The summed E-state index contributed by atoms with van der Waals surface area (Å²) in [5.41, 5.74) is 3.39. The largest absolute Gasteiger partial charge is 0.504 e. The molecule has 2 aromatic heterocycles. The summed E-state index contributed by atoms with van der Waals surface area (Å²) >= 11 is 0. The van der Waals surface area contributed by atoms with E-state index in [1.165, 1.54) is 13.2 Å². The number of aliphatic hydroxyl groups excluding tert-OH is 3. The molecule has 2 fully saturated rings. The summed E-state index contributed by atoms with van der Waals surface area (Å²) in [6, 6.07) is 11.6. The fourth-order valence-electron chi connectivity index (χ4n) is 6.02. The third kappa shape index (κ3) is 6.60. The first-order chi connectivity index (χ1) is 23.4. The van der Waals surface area contributed by atoms with E-state index in [1.807, 2.05) is 0 Å². The highest BCUT2D eigenvalue weighted by molar-refractivity contribution is 5.89. The average molecular weight is 685 g/mol. The van der Waals surface area contributed by atoms with Crippen molar-refractivity contribution in [2.45, 2.75) is 48.8 Å². The van der Waals surface area contributed by atoms with Crippen LogP contribution in [0.25, 0.3) is 22.3 Å². The van der Waals surface area contributed by atoms with E-state index < -0.39 is 59.5 Å². The first-order valence-corrected chi connectivity index (χ1v) is 15.2. The fourth-order valence-corrected chi connectivity index (χ4v) is 6.02. The van der Waals surface area contributed by atoms with Crippen molar-refractivity contribution in [2.24, 2.45) is 0 Å². The van der Waals surface area contributed by atoms with E-state index in [9.17, 15) is 40.2 Å². The van der Waals surface area contributed by atoms with Crippen LogP contribution >= 0.6 is 0 Å². The van der Waals surface area contributed by atoms with Gasteiger partial charge in [-0.05, 0) is 42.8 Å². The van der Waals surface area contributed by atoms with Crippen molar-refractivity contribution in [3.63, 3.8) is 0 Å². The molecule has 0 radical (unpaired) electrons. The molecule has 2 saturated heterocycles. The van der Waals surface area contributed by atoms with Crippen molar-refractivity contribution in [1.82, 2.24) is 15.6 Å². The van der Waals surface area contributed by atoms with Gasteiger partial charge in [0, 0.05) is 42.6 Å². The number of aliphatic hydroxyl groups is 4. The van der Waals surface area contributed by atoms with Crippen molar-refractivity contribution in [2.75, 3.05) is 32.7 Å². The minimum atomic E-state index is -2.40. The first-order valence-electron chi connectivity index (χ1n) is 15.2. The quantitative estimate of drug-likeness (QED) is 0.0975. The standard InChI is InChI=1S/C32H36N4O13/c1-45-27-22(48-31-26(40)28(41)32(44,29(49-31)30(42)43)10-15-11-34-13-35-15)9-21-24(25(27)39)18(37)8-20(47-21)14-2-4-16(5-3-14)46-12-19(38)17-6-7-23(33)36-17/h2-9,15,19,26,28-29,31,34-36,38-41,44H,10-13,33H2,1H3,(H,42,43). The summed E-state index contributed by atoms with van der Waals surface area (Å²) < 4.78 is 28.1. The Bertz CT molecular complexity index is 1870. The van der Waals surface area contributed by atoms with Crippen molar-refractivity contribution in [1.29, 1.82) is 0 Å². The van der Waals surface area contributed by atoms with Gasteiger partial charge in [-0.3, -0.25) is 4.79 Å². The van der Waals surface area contributed by atoms with Gasteiger partial charge in [-0.2, -0.15) is 0 Å². The summed E-state index contributed by atoms with van der Waals surface area (Å²) in [7, 11) is 1.17. The SMILES string of the molecule is COc1c(OC2OC(C(=O)O)C(O)(CC3CNCN3)C(O)C2O)cc2oc(-c3ccc(OCC(O)c4ccc(N)[nH]4)cc3)cc(=O)c2c1O. The number of nitrogen functional groups attached to an aromatic ring is 1. The van der Waals surface area contributed by atoms with Gasteiger partial charge in [0.1, 0.15) is 58.8 Å². The molecular weight excluding hydrogens is 648 g/mol. The van der Waals surface area contributed by atoms with Crippen LogP contribution in [0.1, 0.15) is 18.2 Å². The van der Waals surface area contributed by atoms with E-state index in [2.05, 4.69) is 15.6 Å². The fraction of sp³-hybridized carbons (Fsp3) is 0.375. The number of methoxy groups -OCH3 is 1. The third-order valence-electron chi connectivity index (χ3n) is 8.54. The average Bonchev–Trinajstić information content (AvgIpc) is 3.75. The second-order valence-corrected chi connectivity index (χ2v) is 11.8. The van der Waals surface area contributed by atoms with Gasteiger partial charge in [-0.15, -0.1) is 0 Å². The van der Waals surface area contributed by atoms with Crippen molar-refractivity contribution >= 4 is 22.8 Å². The minimum absolute atomic E-state index is 0.0631. The second-order valence-electron chi connectivity index (χ2n) is 11.8. The summed E-state index contributed by atoms with van der Waals surface area (Å²) in [5.74, 6) is -2.06. The number of H-pyrrole nitrogens is 1. The molecule has 262 valence electrons. The highest BCUT2D eigenvalue weighted by atomic mass is 16.7. The van der Waals surface area contributed by atoms with Gasteiger partial charge in [0.05, 0.1) is 7.11 Å². The van der Waals surface area contributed by atoms with Gasteiger partial charge >= 0.3 is 5.97 Å². The molecule has 2 aromatic carbocycles. The van der Waals surface area contributed by atoms with E-state index in [-0.39, 0.29) is 41.3 Å². The van der Waals surface area contributed by atoms with Crippen molar-refractivity contribution in [3.05, 3.63) is 64.4 Å². The number of carboxylic acid groups (broad SMARTS) is 1. The number of aliphatic carboxylic acids is 1. The monoisotopic (exact) mass is 684 g/mol. The molecule has 7 unspecified atom stereocenters. The normalized spacial score (nSPS) is 26.0. The van der Waals surface area contributed by atoms with E-state index >= 15 is 0 Å². The Morgan fingerprint density at radius 3 is 2.55 bits per heavy atom. The lowest BCUT2D eigenvalue weighted by atomic mass is 9.79. The number of anilines is 1. The molecule has 0 bridgehead atoms. The Morgan fingerprint density at radius 2 is 1.92 bits per heavy atom. The van der Waals surface area contributed by atoms with Crippen LogP contribution in [0.5, 0.6) is 23.0 Å². The Labute approximate surface area is 277 Å². The van der Waals surface area contributed by atoms with Crippen LogP contribution in [0.2, 0.25) is 0 Å². The number of ether oxygens (including phenoxy) is 4. The smallest absolute Gasteiger partial charge is 0.336 e. The van der Waals surface area contributed by atoms with Crippen molar-refractivity contribution < 1.29 is 58.8 Å². The minimum Gasteiger partial charge on any atom is -0.504 e. The number of aromatic amines is 1. The molecule has 2 aliphatic heterocycles. The lowest BCUT2D eigenvalue weighted by molar-refractivity contribution is -0.306. The number of benzene rings is 2. The number of aromatic hydroxyl groups is 1. The van der Waals surface area contributed by atoms with Gasteiger partial charge in [-0.1, -0.05) is 0 Å². The van der Waals surface area contributed by atoms with E-state index in [0.29, 0.717) is 36.0 Å². The molecule has 11 N–H and O–H groups in total. The molecule has 4 heterocycles. The number of carbonyl (C=O) groups is 1. The summed E-state index contributed by atoms with van der Waals surface area (Å²) in [6.45, 7) is 0.723. The second kappa shape index (κ2) is 13.6. The first kappa shape index (κ1) is 34.0. The maximum Gasteiger partial charge on any atom is 0.336 e. The number of aromatic nitrogens is 1. The summed E-state index contributed by atoms with van der Waals surface area (Å²) in [4.78, 5) is 28.2. The van der Waals surface area contributed by atoms with Gasteiger partial charge in [0.15, 0.2) is 23.0 Å². The molecule has 17 heteroatoms. The Kier molecular flexibility index (Phi) is 9.41. The number of hydrogen-bond donors (Lipinski definition) is 10. The van der Waals surface area contributed by atoms with Gasteiger partial charge in [0.2, 0.25) is 12.0 Å². The predicted octanol–water partition coefficient (Wildman–Crippen LogP) is -0.253. The van der Waals surface area contributed by atoms with E-state index in [0.717, 1.165) is 6.07 Å². The number of phenols is 1. The van der Waals surface area contributed by atoms with Crippen LogP contribution in [0.3, 0.4) is 0 Å². The van der Waals surface area contributed by atoms with Crippen LogP contribution in [0.15, 0.2) is 57.7 Å². The van der Waals surface area contributed by atoms with E-state index in [4.69, 9.17) is 29.1 Å². The van der Waals surface area contributed by atoms with Crippen LogP contribution < -0.4 is 36.0 Å². The third-order valence-corrected chi connectivity index (χ3v) is 8.54. The van der Waals surface area contributed by atoms with Gasteiger partial charge in [0.25, 0.3) is 0 Å². The zero-order valence-electron chi connectivity index (χ0n) is 26.0. The van der Waals surface area contributed by atoms with E-state index in [1.54, 1.807) is 36.4 Å². The van der Waals surface area contributed by atoms with Crippen LogP contribution in [0, 0.1) is 0 Å². The Morgan fingerprint density at radius 1 is 1.16 bits per heavy atom. The zero-order chi connectivity index (χ0) is 35.0. The lowest BCUT2D eigenvalue weighted by Crippen LogP contribution is -2.70.